The summed E-state index contributed by atoms with van der Waals surface area (Å²) in [6, 6.07) is 8.71. The molecule has 6 heteroatoms. The van der Waals surface area contributed by atoms with Gasteiger partial charge in [0.15, 0.2) is 0 Å². The van der Waals surface area contributed by atoms with Crippen LogP contribution in [0.3, 0.4) is 0 Å². The fourth-order valence-corrected chi connectivity index (χ4v) is 3.96. The predicted octanol–water partition coefficient (Wildman–Crippen LogP) is 3.15. The first-order chi connectivity index (χ1) is 13.0. The molecule has 2 aliphatic rings. The summed E-state index contributed by atoms with van der Waals surface area (Å²) in [4.78, 5) is 41.3. The lowest BCUT2D eigenvalue weighted by atomic mass is 9.87. The third kappa shape index (κ3) is 3.48. The fourth-order valence-electron chi connectivity index (χ4n) is 3.96. The quantitative estimate of drug-likeness (QED) is 0.783. The molecule has 1 atom stereocenters. The van der Waals surface area contributed by atoms with Gasteiger partial charge in [0.25, 0.3) is 5.91 Å². The highest BCUT2D eigenvalue weighted by molar-refractivity contribution is 6.09. The van der Waals surface area contributed by atoms with E-state index in [-0.39, 0.29) is 18.4 Å². The molecule has 1 aliphatic heterocycles. The van der Waals surface area contributed by atoms with E-state index in [2.05, 4.69) is 11.4 Å². The molecule has 1 aliphatic carbocycles. The van der Waals surface area contributed by atoms with E-state index < -0.39 is 11.6 Å². The van der Waals surface area contributed by atoms with Crippen molar-refractivity contribution in [1.82, 2.24) is 15.1 Å². The van der Waals surface area contributed by atoms with Gasteiger partial charge >= 0.3 is 6.03 Å². The van der Waals surface area contributed by atoms with Gasteiger partial charge in [-0.2, -0.15) is 0 Å². The molecule has 1 fully saturated rings. The molecule has 0 radical (unpaired) electrons. The van der Waals surface area contributed by atoms with Crippen molar-refractivity contribution < 1.29 is 14.4 Å². The Bertz CT molecular complexity index is 759. The molecule has 0 saturated carbocycles. The molecular weight excluding hydrogens is 342 g/mol. The lowest BCUT2D eigenvalue weighted by molar-refractivity contribution is -0.138. The van der Waals surface area contributed by atoms with Crippen molar-refractivity contribution in [2.75, 3.05) is 13.1 Å². The van der Waals surface area contributed by atoms with E-state index in [0.29, 0.717) is 13.0 Å². The molecule has 1 heterocycles. The summed E-state index contributed by atoms with van der Waals surface area (Å²) in [6.07, 6.45) is 6.55. The second-order valence-electron chi connectivity index (χ2n) is 7.03. The van der Waals surface area contributed by atoms with Crippen LogP contribution in [0.1, 0.15) is 51.5 Å². The van der Waals surface area contributed by atoms with Crippen LogP contribution in [0, 0.1) is 0 Å². The highest BCUT2D eigenvalue weighted by Gasteiger charge is 2.51. The SMILES string of the molecule is CCN(C(=O)CN1C(=O)N[C@](CC)(c2ccccc2)C1=O)C1=CCCCC1. The average Bonchev–Trinajstić information content (AvgIpc) is 2.95. The molecule has 6 nitrogen and oxygen atoms in total. The van der Waals surface area contributed by atoms with Gasteiger partial charge in [-0.25, -0.2) is 4.79 Å². The molecule has 0 aromatic heterocycles. The number of hydrogen-bond donors (Lipinski definition) is 1. The van der Waals surface area contributed by atoms with Crippen LogP contribution >= 0.6 is 0 Å². The highest BCUT2D eigenvalue weighted by Crippen LogP contribution is 2.32. The smallest absolute Gasteiger partial charge is 0.319 e. The zero-order valence-corrected chi connectivity index (χ0v) is 16.0. The summed E-state index contributed by atoms with van der Waals surface area (Å²) in [7, 11) is 0. The van der Waals surface area contributed by atoms with E-state index >= 15 is 0 Å². The molecule has 1 saturated heterocycles. The van der Waals surface area contributed by atoms with Crippen molar-refractivity contribution in [2.45, 2.75) is 51.5 Å². The van der Waals surface area contributed by atoms with Crippen LogP contribution in [0.4, 0.5) is 4.79 Å². The van der Waals surface area contributed by atoms with Crippen LogP contribution < -0.4 is 5.32 Å². The number of urea groups is 1. The molecule has 0 spiro atoms. The Kier molecular flexibility index (Phi) is 5.63. The number of nitrogens with one attached hydrogen (secondary N) is 1. The number of benzene rings is 1. The topological polar surface area (TPSA) is 69.7 Å². The maximum atomic E-state index is 13.1. The summed E-state index contributed by atoms with van der Waals surface area (Å²) < 4.78 is 0. The van der Waals surface area contributed by atoms with Gasteiger partial charge in [0.1, 0.15) is 12.1 Å². The minimum Gasteiger partial charge on any atom is -0.319 e. The summed E-state index contributed by atoms with van der Waals surface area (Å²) in [5, 5.41) is 2.83. The Hall–Kier alpha value is -2.63. The number of imide groups is 1. The van der Waals surface area contributed by atoms with Crippen LogP contribution in [-0.2, 0) is 15.1 Å². The minimum absolute atomic E-state index is 0.214. The Balaban J connectivity index is 1.81. The van der Waals surface area contributed by atoms with E-state index in [0.717, 1.165) is 41.8 Å². The standard InChI is InChI=1S/C21H27N3O3/c1-3-21(16-11-7-5-8-12-16)19(26)24(20(27)22-21)15-18(25)23(4-2)17-13-9-6-10-14-17/h5,7-8,11-13H,3-4,6,9-10,14-15H2,1-2H3,(H,22,27)/t21-/m1/s1. The Morgan fingerprint density at radius 1 is 1.19 bits per heavy atom. The van der Waals surface area contributed by atoms with E-state index in [4.69, 9.17) is 0 Å². The van der Waals surface area contributed by atoms with Crippen LogP contribution in [0.25, 0.3) is 0 Å². The van der Waals surface area contributed by atoms with Crippen molar-refractivity contribution in [3.8, 4) is 0 Å². The predicted molar refractivity (Wildman–Crippen MR) is 103 cm³/mol. The number of likely N-dealkylation sites (N-methyl/N-ethyl adjacent to an activating group) is 1. The van der Waals surface area contributed by atoms with Crippen molar-refractivity contribution in [3.05, 3.63) is 47.7 Å². The molecule has 0 unspecified atom stereocenters. The second-order valence-corrected chi connectivity index (χ2v) is 7.03. The number of carbonyl (C=O) groups is 3. The average molecular weight is 369 g/mol. The normalized spacial score (nSPS) is 22.4. The number of amides is 4. The third-order valence-electron chi connectivity index (χ3n) is 5.50. The van der Waals surface area contributed by atoms with Gasteiger partial charge < -0.3 is 10.2 Å². The first-order valence-electron chi connectivity index (χ1n) is 9.72. The Morgan fingerprint density at radius 3 is 2.52 bits per heavy atom. The summed E-state index contributed by atoms with van der Waals surface area (Å²) in [5.74, 6) is -0.572. The van der Waals surface area contributed by atoms with E-state index in [1.165, 1.54) is 0 Å². The second kappa shape index (κ2) is 7.94. The maximum absolute atomic E-state index is 13.1. The van der Waals surface area contributed by atoms with Crippen molar-refractivity contribution in [1.29, 1.82) is 0 Å². The van der Waals surface area contributed by atoms with Crippen molar-refractivity contribution >= 4 is 17.8 Å². The third-order valence-corrected chi connectivity index (χ3v) is 5.50. The minimum atomic E-state index is -1.10. The van der Waals surface area contributed by atoms with Gasteiger partial charge in [-0.3, -0.25) is 14.5 Å². The monoisotopic (exact) mass is 369 g/mol. The lowest BCUT2D eigenvalue weighted by Gasteiger charge is -2.28. The number of nitrogens with zero attached hydrogens (tertiary/aromatic N) is 2. The van der Waals surface area contributed by atoms with Crippen molar-refractivity contribution in [3.63, 3.8) is 0 Å². The van der Waals surface area contributed by atoms with Crippen LogP contribution in [0.15, 0.2) is 42.1 Å². The lowest BCUT2D eigenvalue weighted by Crippen LogP contribution is -2.45. The zero-order valence-electron chi connectivity index (χ0n) is 16.0. The van der Waals surface area contributed by atoms with Crippen molar-refractivity contribution in [2.24, 2.45) is 0 Å². The summed E-state index contributed by atoms with van der Waals surface area (Å²) in [6.45, 7) is 4.08. The van der Waals surface area contributed by atoms with E-state index in [9.17, 15) is 14.4 Å². The van der Waals surface area contributed by atoms with Crippen LogP contribution in [-0.4, -0.2) is 40.7 Å². The number of carbonyl (C=O) groups excluding carboxylic acids is 3. The first kappa shape index (κ1) is 19.1. The summed E-state index contributed by atoms with van der Waals surface area (Å²) in [5.41, 5.74) is 0.647. The van der Waals surface area contributed by atoms with Gasteiger partial charge in [0.05, 0.1) is 0 Å². The molecular formula is C21H27N3O3. The van der Waals surface area contributed by atoms with E-state index in [1.807, 2.05) is 44.2 Å². The van der Waals surface area contributed by atoms with Crippen LogP contribution in [0.2, 0.25) is 0 Å². The van der Waals surface area contributed by atoms with Gasteiger partial charge in [0.2, 0.25) is 5.91 Å². The number of hydrogen-bond acceptors (Lipinski definition) is 3. The first-order valence-corrected chi connectivity index (χ1v) is 9.72. The Morgan fingerprint density at radius 2 is 1.93 bits per heavy atom. The summed E-state index contributed by atoms with van der Waals surface area (Å²) >= 11 is 0. The van der Waals surface area contributed by atoms with E-state index in [1.54, 1.807) is 4.90 Å². The largest absolute Gasteiger partial charge is 0.325 e. The Labute approximate surface area is 160 Å². The molecule has 1 aromatic carbocycles. The molecule has 4 amide bonds. The van der Waals surface area contributed by atoms with Gasteiger partial charge in [0, 0.05) is 12.2 Å². The number of rotatable bonds is 6. The molecule has 1 aromatic rings. The molecule has 3 rings (SSSR count). The maximum Gasteiger partial charge on any atom is 0.325 e. The van der Waals surface area contributed by atoms with Gasteiger partial charge in [-0.1, -0.05) is 43.3 Å². The van der Waals surface area contributed by atoms with Crippen LogP contribution in [0.5, 0.6) is 0 Å². The highest BCUT2D eigenvalue weighted by atomic mass is 16.2. The van der Waals surface area contributed by atoms with Gasteiger partial charge in [-0.05, 0) is 44.6 Å². The van der Waals surface area contributed by atoms with Gasteiger partial charge in [-0.15, -0.1) is 0 Å². The fraction of sp³-hybridized carbons (Fsp3) is 0.476. The zero-order chi connectivity index (χ0) is 19.4. The molecule has 0 bridgehead atoms. The molecule has 144 valence electrons. The molecule has 27 heavy (non-hydrogen) atoms. The number of allylic oxidation sites excluding steroid dienone is 2. The molecule has 1 N–H and O–H groups in total.